The van der Waals surface area contributed by atoms with Gasteiger partial charge in [0.15, 0.2) is 0 Å². The van der Waals surface area contributed by atoms with Crippen LogP contribution in [-0.2, 0) is 13.2 Å². The third kappa shape index (κ3) is 5.41. The summed E-state index contributed by atoms with van der Waals surface area (Å²) in [7, 11) is 0. The highest BCUT2D eigenvalue weighted by Crippen LogP contribution is 2.18. The van der Waals surface area contributed by atoms with E-state index in [1.165, 1.54) is 5.56 Å². The highest BCUT2D eigenvalue weighted by molar-refractivity contribution is 6.30. The molecule has 3 aromatic carbocycles. The average Bonchev–Trinajstić information content (AvgIpc) is 2.80. The Morgan fingerprint density at radius 2 is 1.53 bits per heavy atom. The molecule has 0 atom stereocenters. The maximum absolute atomic E-state index is 13.0. The molecule has 1 fully saturated rings. The molecule has 0 spiro atoms. The third-order valence-electron chi connectivity index (χ3n) is 5.30. The van der Waals surface area contributed by atoms with Gasteiger partial charge in [-0.1, -0.05) is 54.1 Å². The molecule has 0 aliphatic carbocycles. The highest BCUT2D eigenvalue weighted by Gasteiger charge is 2.22. The second-order valence-corrected chi connectivity index (χ2v) is 7.93. The molecule has 0 saturated carbocycles. The highest BCUT2D eigenvalue weighted by atomic mass is 35.5. The van der Waals surface area contributed by atoms with Crippen molar-refractivity contribution in [1.29, 1.82) is 0 Å². The summed E-state index contributed by atoms with van der Waals surface area (Å²) in [5, 5.41) is 0.679. The zero-order chi connectivity index (χ0) is 20.8. The van der Waals surface area contributed by atoms with E-state index < -0.39 is 0 Å². The number of hydrogen-bond acceptors (Lipinski definition) is 3. The van der Waals surface area contributed by atoms with E-state index in [2.05, 4.69) is 29.2 Å². The second kappa shape index (κ2) is 9.79. The molecule has 1 amide bonds. The van der Waals surface area contributed by atoms with Crippen molar-refractivity contribution in [1.82, 2.24) is 9.80 Å². The fourth-order valence-corrected chi connectivity index (χ4v) is 3.75. The summed E-state index contributed by atoms with van der Waals surface area (Å²) in [6.45, 7) is 4.61. The average molecular weight is 421 g/mol. The SMILES string of the molecule is O=C(c1cccc(COc2ccc(Cl)cc2)c1)N1CCN(Cc2ccccc2)CC1. The van der Waals surface area contributed by atoms with Crippen LogP contribution >= 0.6 is 11.6 Å². The first-order valence-corrected chi connectivity index (χ1v) is 10.6. The Morgan fingerprint density at radius 1 is 0.833 bits per heavy atom. The van der Waals surface area contributed by atoms with E-state index in [1.54, 1.807) is 12.1 Å². The second-order valence-electron chi connectivity index (χ2n) is 7.50. The maximum Gasteiger partial charge on any atom is 0.253 e. The predicted molar refractivity (Wildman–Crippen MR) is 120 cm³/mol. The van der Waals surface area contributed by atoms with Crippen molar-refractivity contribution >= 4 is 17.5 Å². The fraction of sp³-hybridized carbons (Fsp3) is 0.240. The van der Waals surface area contributed by atoms with Gasteiger partial charge in [-0.2, -0.15) is 0 Å². The largest absolute Gasteiger partial charge is 0.489 e. The van der Waals surface area contributed by atoms with Crippen LogP contribution in [0.3, 0.4) is 0 Å². The lowest BCUT2D eigenvalue weighted by Gasteiger charge is -2.34. The first kappa shape index (κ1) is 20.5. The summed E-state index contributed by atoms with van der Waals surface area (Å²) in [4.78, 5) is 17.3. The van der Waals surface area contributed by atoms with E-state index in [4.69, 9.17) is 16.3 Å². The van der Waals surface area contributed by atoms with E-state index in [-0.39, 0.29) is 5.91 Å². The molecule has 0 radical (unpaired) electrons. The Hall–Kier alpha value is -2.82. The normalized spacial score (nSPS) is 14.5. The standard InChI is InChI=1S/C25H25ClN2O2/c26-23-9-11-24(12-10-23)30-19-21-7-4-8-22(17-21)25(29)28-15-13-27(14-16-28)18-20-5-2-1-3-6-20/h1-12,17H,13-16,18-19H2. The van der Waals surface area contributed by atoms with Gasteiger partial charge in [0.1, 0.15) is 12.4 Å². The van der Waals surface area contributed by atoms with Gasteiger partial charge in [-0.15, -0.1) is 0 Å². The lowest BCUT2D eigenvalue weighted by Crippen LogP contribution is -2.48. The minimum absolute atomic E-state index is 0.0858. The summed E-state index contributed by atoms with van der Waals surface area (Å²) in [6.07, 6.45) is 0. The van der Waals surface area contributed by atoms with E-state index in [0.29, 0.717) is 17.2 Å². The number of rotatable bonds is 6. The number of ether oxygens (including phenoxy) is 1. The van der Waals surface area contributed by atoms with Crippen molar-refractivity contribution in [3.05, 3.63) is 101 Å². The summed E-state index contributed by atoms with van der Waals surface area (Å²) < 4.78 is 5.81. The lowest BCUT2D eigenvalue weighted by atomic mass is 10.1. The number of halogens is 1. The van der Waals surface area contributed by atoms with Crippen LogP contribution < -0.4 is 4.74 Å². The molecule has 0 bridgehead atoms. The molecule has 3 aromatic rings. The van der Waals surface area contributed by atoms with E-state index in [1.807, 2.05) is 47.4 Å². The number of carbonyl (C=O) groups is 1. The molecule has 1 aliphatic heterocycles. The predicted octanol–water partition coefficient (Wildman–Crippen LogP) is 4.88. The Kier molecular flexibility index (Phi) is 6.67. The minimum atomic E-state index is 0.0858. The number of benzene rings is 3. The van der Waals surface area contributed by atoms with Gasteiger partial charge >= 0.3 is 0 Å². The lowest BCUT2D eigenvalue weighted by molar-refractivity contribution is 0.0628. The van der Waals surface area contributed by atoms with Crippen LogP contribution in [0.5, 0.6) is 5.75 Å². The van der Waals surface area contributed by atoms with E-state index in [9.17, 15) is 4.79 Å². The Labute approximate surface area is 182 Å². The first-order chi connectivity index (χ1) is 14.7. The van der Waals surface area contributed by atoms with Gasteiger partial charge in [-0.3, -0.25) is 9.69 Å². The molecule has 5 heteroatoms. The van der Waals surface area contributed by atoms with Gasteiger partial charge in [0.05, 0.1) is 0 Å². The third-order valence-corrected chi connectivity index (χ3v) is 5.55. The molecule has 0 unspecified atom stereocenters. The first-order valence-electron chi connectivity index (χ1n) is 10.2. The molecule has 1 aliphatic rings. The van der Waals surface area contributed by atoms with Crippen LogP contribution in [0.1, 0.15) is 21.5 Å². The van der Waals surface area contributed by atoms with Crippen LogP contribution in [0.2, 0.25) is 5.02 Å². The van der Waals surface area contributed by atoms with Crippen LogP contribution in [0, 0.1) is 0 Å². The van der Waals surface area contributed by atoms with Crippen molar-refractivity contribution in [3.63, 3.8) is 0 Å². The Balaban J connectivity index is 1.31. The molecule has 0 aromatic heterocycles. The van der Waals surface area contributed by atoms with Crippen molar-refractivity contribution in [2.75, 3.05) is 26.2 Å². The zero-order valence-electron chi connectivity index (χ0n) is 16.8. The molecular weight excluding hydrogens is 396 g/mol. The molecule has 154 valence electrons. The smallest absolute Gasteiger partial charge is 0.253 e. The molecule has 0 N–H and O–H groups in total. The molecule has 30 heavy (non-hydrogen) atoms. The number of piperazine rings is 1. The van der Waals surface area contributed by atoms with Gasteiger partial charge < -0.3 is 9.64 Å². The van der Waals surface area contributed by atoms with Gasteiger partial charge in [-0.25, -0.2) is 0 Å². The number of carbonyl (C=O) groups excluding carboxylic acids is 1. The monoisotopic (exact) mass is 420 g/mol. The summed E-state index contributed by atoms with van der Waals surface area (Å²) in [5.74, 6) is 0.841. The van der Waals surface area contributed by atoms with Gasteiger partial charge in [-0.05, 0) is 47.5 Å². The minimum Gasteiger partial charge on any atom is -0.489 e. The molecule has 1 saturated heterocycles. The van der Waals surface area contributed by atoms with Crippen LogP contribution in [0.4, 0.5) is 0 Å². The number of amides is 1. The molecule has 4 rings (SSSR count). The fourth-order valence-electron chi connectivity index (χ4n) is 3.62. The van der Waals surface area contributed by atoms with E-state index in [0.717, 1.165) is 44.0 Å². The van der Waals surface area contributed by atoms with Gasteiger partial charge in [0.2, 0.25) is 0 Å². The van der Waals surface area contributed by atoms with E-state index >= 15 is 0 Å². The Bertz CT molecular complexity index is 968. The molecule has 1 heterocycles. The van der Waals surface area contributed by atoms with Crippen molar-refractivity contribution in [3.8, 4) is 5.75 Å². The summed E-state index contributed by atoms with van der Waals surface area (Å²) in [5.41, 5.74) is 2.99. The van der Waals surface area contributed by atoms with Crippen LogP contribution in [0.25, 0.3) is 0 Å². The van der Waals surface area contributed by atoms with Gasteiger partial charge in [0.25, 0.3) is 5.91 Å². The van der Waals surface area contributed by atoms with Gasteiger partial charge in [0, 0.05) is 43.3 Å². The maximum atomic E-state index is 13.0. The van der Waals surface area contributed by atoms with Crippen LogP contribution in [-0.4, -0.2) is 41.9 Å². The van der Waals surface area contributed by atoms with Crippen molar-refractivity contribution < 1.29 is 9.53 Å². The van der Waals surface area contributed by atoms with Crippen molar-refractivity contribution in [2.24, 2.45) is 0 Å². The number of nitrogens with zero attached hydrogens (tertiary/aromatic N) is 2. The molecule has 4 nitrogen and oxygen atoms in total. The van der Waals surface area contributed by atoms with Crippen LogP contribution in [0.15, 0.2) is 78.9 Å². The summed E-state index contributed by atoms with van der Waals surface area (Å²) in [6, 6.07) is 25.4. The quantitative estimate of drug-likeness (QED) is 0.570. The number of hydrogen-bond donors (Lipinski definition) is 0. The topological polar surface area (TPSA) is 32.8 Å². The van der Waals surface area contributed by atoms with Crippen molar-refractivity contribution in [2.45, 2.75) is 13.2 Å². The summed E-state index contributed by atoms with van der Waals surface area (Å²) >= 11 is 5.91. The molecular formula is C25H25ClN2O2. The Morgan fingerprint density at radius 3 is 2.27 bits per heavy atom. The zero-order valence-corrected chi connectivity index (χ0v) is 17.6.